The second-order valence-corrected chi connectivity index (χ2v) is 6.58. The molecule has 0 saturated carbocycles. The number of aliphatic hydroxyl groups is 1. The highest BCUT2D eigenvalue weighted by molar-refractivity contribution is 7.99. The molecule has 3 N–H and O–H groups in total. The monoisotopic (exact) mass is 390 g/mol. The topological polar surface area (TPSA) is 134 Å². The summed E-state index contributed by atoms with van der Waals surface area (Å²) in [6, 6.07) is 6.41. The van der Waals surface area contributed by atoms with Gasteiger partial charge in [0, 0.05) is 24.4 Å². The summed E-state index contributed by atoms with van der Waals surface area (Å²) in [7, 11) is 1.49. The molecule has 0 radical (unpaired) electrons. The van der Waals surface area contributed by atoms with E-state index in [4.69, 9.17) is 4.74 Å². The van der Waals surface area contributed by atoms with Gasteiger partial charge >= 0.3 is 0 Å². The van der Waals surface area contributed by atoms with E-state index in [9.17, 15) is 14.7 Å². The zero-order valence-corrected chi connectivity index (χ0v) is 15.5. The van der Waals surface area contributed by atoms with Crippen molar-refractivity contribution in [3.8, 4) is 5.88 Å². The van der Waals surface area contributed by atoms with Crippen LogP contribution in [0.3, 0.4) is 0 Å². The van der Waals surface area contributed by atoms with Crippen molar-refractivity contribution in [1.29, 1.82) is 0 Å². The third-order valence-corrected chi connectivity index (χ3v) is 4.43. The molecular weight excluding hydrogens is 372 g/mol. The van der Waals surface area contributed by atoms with Crippen LogP contribution < -0.4 is 15.6 Å². The number of hydrogen-bond donors (Lipinski definition) is 3. The molecule has 1 amide bonds. The maximum atomic E-state index is 12.0. The van der Waals surface area contributed by atoms with Gasteiger partial charge in [0.05, 0.1) is 18.6 Å². The van der Waals surface area contributed by atoms with E-state index < -0.39 is 6.10 Å². The number of carbonyl (C=O) groups is 1. The van der Waals surface area contributed by atoms with Crippen LogP contribution in [0.15, 0.2) is 34.2 Å². The molecule has 1 atom stereocenters. The number of fused-ring (bicyclic) bond motifs is 1. The first-order chi connectivity index (χ1) is 13.0. The molecule has 0 fully saturated rings. The van der Waals surface area contributed by atoms with E-state index in [0.717, 1.165) is 11.8 Å². The highest BCUT2D eigenvalue weighted by Crippen LogP contribution is 2.15. The number of ether oxygens (including phenoxy) is 1. The van der Waals surface area contributed by atoms with Gasteiger partial charge in [0.1, 0.15) is 6.10 Å². The average Bonchev–Trinajstić information content (AvgIpc) is 3.07. The molecule has 3 rings (SSSR count). The first-order valence-corrected chi connectivity index (χ1v) is 9.00. The number of H-pyrrole nitrogens is 1. The van der Waals surface area contributed by atoms with E-state index in [1.54, 1.807) is 25.1 Å². The van der Waals surface area contributed by atoms with Crippen molar-refractivity contribution < 1.29 is 14.6 Å². The fourth-order valence-corrected chi connectivity index (χ4v) is 2.94. The molecule has 27 heavy (non-hydrogen) atoms. The molecule has 0 saturated heterocycles. The predicted octanol–water partition coefficient (Wildman–Crippen LogP) is 0.0715. The van der Waals surface area contributed by atoms with Gasteiger partial charge in [-0.25, -0.2) is 9.97 Å². The number of nitrogens with zero attached hydrogens (tertiary/aromatic N) is 4. The average molecular weight is 390 g/mol. The number of amides is 1. The van der Waals surface area contributed by atoms with Crippen molar-refractivity contribution in [2.45, 2.75) is 18.2 Å². The second kappa shape index (κ2) is 8.18. The maximum absolute atomic E-state index is 12.0. The van der Waals surface area contributed by atoms with Gasteiger partial charge in [-0.15, -0.1) is 0 Å². The highest BCUT2D eigenvalue weighted by Gasteiger charge is 2.13. The largest absolute Gasteiger partial charge is 0.481 e. The maximum Gasteiger partial charge on any atom is 0.274 e. The van der Waals surface area contributed by atoms with E-state index in [-0.39, 0.29) is 29.5 Å². The first-order valence-electron chi connectivity index (χ1n) is 8.01. The Hall–Kier alpha value is -2.92. The fourth-order valence-electron chi connectivity index (χ4n) is 2.27. The Morgan fingerprint density at radius 1 is 1.41 bits per heavy atom. The summed E-state index contributed by atoms with van der Waals surface area (Å²) in [6.07, 6.45) is -0.953. The number of rotatable bonds is 7. The molecule has 3 aromatic rings. The highest BCUT2D eigenvalue weighted by atomic mass is 32.2. The number of carbonyl (C=O) groups excluding carboxylic acids is 1. The van der Waals surface area contributed by atoms with Gasteiger partial charge in [0.2, 0.25) is 11.8 Å². The molecule has 0 aromatic carbocycles. The Bertz CT molecular complexity index is 1020. The van der Waals surface area contributed by atoms with E-state index in [1.165, 1.54) is 17.7 Å². The lowest BCUT2D eigenvalue weighted by atomic mass is 10.2. The molecule has 11 heteroatoms. The van der Waals surface area contributed by atoms with Crippen molar-refractivity contribution >= 4 is 23.4 Å². The molecular formula is C16H18N6O4S. The summed E-state index contributed by atoms with van der Waals surface area (Å²) >= 11 is 1.13. The van der Waals surface area contributed by atoms with Crippen molar-refractivity contribution in [2.24, 2.45) is 0 Å². The Balaban J connectivity index is 1.54. The molecule has 0 aliphatic heterocycles. The van der Waals surface area contributed by atoms with Gasteiger partial charge in [0.15, 0.2) is 5.16 Å². The Labute approximate surface area is 158 Å². The molecule has 142 valence electrons. The predicted molar refractivity (Wildman–Crippen MR) is 97.8 cm³/mol. The van der Waals surface area contributed by atoms with Crippen LogP contribution in [-0.4, -0.2) is 55.0 Å². The van der Waals surface area contributed by atoms with Gasteiger partial charge in [-0.2, -0.15) is 9.50 Å². The number of aromatic nitrogens is 5. The van der Waals surface area contributed by atoms with Crippen molar-refractivity contribution in [3.05, 3.63) is 46.0 Å². The number of aliphatic hydroxyl groups excluding tert-OH is 1. The molecule has 3 heterocycles. The van der Waals surface area contributed by atoms with Crippen molar-refractivity contribution in [1.82, 2.24) is 29.9 Å². The Morgan fingerprint density at radius 2 is 2.22 bits per heavy atom. The zero-order chi connectivity index (χ0) is 19.4. The van der Waals surface area contributed by atoms with Crippen LogP contribution in [0.1, 0.15) is 17.5 Å². The Kier molecular flexibility index (Phi) is 5.72. The summed E-state index contributed by atoms with van der Waals surface area (Å²) in [4.78, 5) is 36.3. The zero-order valence-electron chi connectivity index (χ0n) is 14.7. The molecule has 10 nitrogen and oxygen atoms in total. The quantitative estimate of drug-likeness (QED) is 0.483. The standard InChI is InChI=1S/C16H18N6O4S/c1-9-6-14(25)22-15(18-9)20-16(21-22)27-8-12(24)17-7-11(23)10-4-3-5-13(19-10)26-2/h3-6,11,23H,7-8H2,1-2H3,(H,17,24)(H,18,20,21). The van der Waals surface area contributed by atoms with Crippen LogP contribution in [0.2, 0.25) is 0 Å². The lowest BCUT2D eigenvalue weighted by Crippen LogP contribution is -2.30. The van der Waals surface area contributed by atoms with Crippen LogP contribution in [0.25, 0.3) is 5.78 Å². The fraction of sp³-hybridized carbons (Fsp3) is 0.312. The van der Waals surface area contributed by atoms with E-state index in [0.29, 0.717) is 22.4 Å². The number of methoxy groups -OCH3 is 1. The van der Waals surface area contributed by atoms with Crippen LogP contribution in [0, 0.1) is 6.92 Å². The summed E-state index contributed by atoms with van der Waals surface area (Å²) in [5.41, 5.74) is 0.705. The lowest BCUT2D eigenvalue weighted by Gasteiger charge is -2.12. The number of nitrogens with one attached hydrogen (secondary N) is 2. The SMILES string of the molecule is COc1cccc(C(O)CNC(=O)CSc2nc3nc(C)cc(=O)n3[nH]2)n1. The minimum atomic E-state index is -0.953. The van der Waals surface area contributed by atoms with Crippen molar-refractivity contribution in [2.75, 3.05) is 19.4 Å². The number of aryl methyl sites for hydroxylation is 1. The number of hydrogen-bond acceptors (Lipinski definition) is 8. The molecule has 3 aromatic heterocycles. The number of thioether (sulfide) groups is 1. The summed E-state index contributed by atoms with van der Waals surface area (Å²) < 4.78 is 6.22. The molecule has 0 aliphatic rings. The summed E-state index contributed by atoms with van der Waals surface area (Å²) in [5, 5.41) is 15.9. The molecule has 1 unspecified atom stereocenters. The summed E-state index contributed by atoms with van der Waals surface area (Å²) in [6.45, 7) is 1.72. The minimum Gasteiger partial charge on any atom is -0.481 e. The third kappa shape index (κ3) is 4.63. The smallest absolute Gasteiger partial charge is 0.274 e. The van der Waals surface area contributed by atoms with E-state index >= 15 is 0 Å². The molecule has 0 bridgehead atoms. The molecule has 0 spiro atoms. The van der Waals surface area contributed by atoms with E-state index in [1.807, 2.05) is 0 Å². The summed E-state index contributed by atoms with van der Waals surface area (Å²) in [5.74, 6) is 0.407. The van der Waals surface area contributed by atoms with Gasteiger partial charge in [0.25, 0.3) is 11.3 Å². The van der Waals surface area contributed by atoms with Gasteiger partial charge in [-0.05, 0) is 13.0 Å². The van der Waals surface area contributed by atoms with Gasteiger partial charge < -0.3 is 15.2 Å². The third-order valence-electron chi connectivity index (χ3n) is 3.57. The number of pyridine rings is 1. The van der Waals surface area contributed by atoms with Crippen LogP contribution >= 0.6 is 11.8 Å². The lowest BCUT2D eigenvalue weighted by molar-refractivity contribution is -0.119. The minimum absolute atomic E-state index is 0.0138. The first kappa shape index (κ1) is 18.9. The van der Waals surface area contributed by atoms with Gasteiger partial charge in [-0.3, -0.25) is 14.7 Å². The Morgan fingerprint density at radius 3 is 3.00 bits per heavy atom. The normalized spacial score (nSPS) is 12.1. The number of aromatic amines is 1. The van der Waals surface area contributed by atoms with Crippen LogP contribution in [-0.2, 0) is 4.79 Å². The van der Waals surface area contributed by atoms with Crippen molar-refractivity contribution in [3.63, 3.8) is 0 Å². The van der Waals surface area contributed by atoms with E-state index in [2.05, 4.69) is 25.4 Å². The van der Waals surface area contributed by atoms with Gasteiger partial charge in [-0.1, -0.05) is 17.8 Å². The molecule has 0 aliphatic carbocycles. The van der Waals surface area contributed by atoms with Crippen LogP contribution in [0.4, 0.5) is 0 Å². The van der Waals surface area contributed by atoms with Crippen LogP contribution in [0.5, 0.6) is 5.88 Å². The second-order valence-electron chi connectivity index (χ2n) is 5.61.